The molecule has 0 bridgehead atoms. The van der Waals surface area contributed by atoms with E-state index in [-0.39, 0.29) is 11.3 Å². The van der Waals surface area contributed by atoms with Crippen molar-refractivity contribution in [1.29, 1.82) is 0 Å². The van der Waals surface area contributed by atoms with Gasteiger partial charge in [-0.15, -0.1) is 0 Å². The molecule has 2 fully saturated rings. The number of aliphatic carboxylic acids is 1. The molecule has 0 aromatic heterocycles. The fraction of sp³-hybridized carbons (Fsp3) is 0.650. The molecule has 0 heterocycles. The molecule has 122 valence electrons. The average molecular weight is 302 g/mol. The van der Waals surface area contributed by atoms with E-state index in [1.165, 1.54) is 11.1 Å². The number of hydrogen-bond acceptors (Lipinski definition) is 1. The maximum atomic E-state index is 11.9. The molecule has 2 aliphatic carbocycles. The van der Waals surface area contributed by atoms with Crippen molar-refractivity contribution in [2.75, 3.05) is 0 Å². The molecule has 0 spiro atoms. The quantitative estimate of drug-likeness (QED) is 0.559. The van der Waals surface area contributed by atoms with E-state index in [0.717, 1.165) is 38.5 Å². The van der Waals surface area contributed by atoms with Crippen molar-refractivity contribution in [3.05, 3.63) is 36.5 Å². The molecule has 1 N–H and O–H groups in total. The van der Waals surface area contributed by atoms with Gasteiger partial charge in [0.05, 0.1) is 5.41 Å². The van der Waals surface area contributed by atoms with Gasteiger partial charge in [-0.3, -0.25) is 4.79 Å². The van der Waals surface area contributed by atoms with E-state index in [9.17, 15) is 9.90 Å². The molecule has 2 nitrogen and oxygen atoms in total. The maximum Gasteiger partial charge on any atom is 0.309 e. The zero-order valence-corrected chi connectivity index (χ0v) is 14.3. The van der Waals surface area contributed by atoms with Gasteiger partial charge in [0.2, 0.25) is 0 Å². The Morgan fingerprint density at radius 3 is 2.68 bits per heavy atom. The van der Waals surface area contributed by atoms with Crippen LogP contribution in [0.3, 0.4) is 0 Å². The van der Waals surface area contributed by atoms with Crippen LogP contribution in [0.15, 0.2) is 36.5 Å². The van der Waals surface area contributed by atoms with Crippen LogP contribution in [0, 0.1) is 22.7 Å². The van der Waals surface area contributed by atoms with E-state index in [1.807, 2.05) is 13.0 Å². The van der Waals surface area contributed by atoms with Crippen molar-refractivity contribution < 1.29 is 9.90 Å². The smallest absolute Gasteiger partial charge is 0.309 e. The topological polar surface area (TPSA) is 37.3 Å². The molecule has 0 radical (unpaired) electrons. The summed E-state index contributed by atoms with van der Waals surface area (Å²) in [5.74, 6) is 0.0202. The summed E-state index contributed by atoms with van der Waals surface area (Å²) in [5.41, 5.74) is 1.97. The Morgan fingerprint density at radius 1 is 1.41 bits per heavy atom. The molecular weight excluding hydrogens is 272 g/mol. The van der Waals surface area contributed by atoms with E-state index in [0.29, 0.717) is 5.92 Å². The van der Waals surface area contributed by atoms with Crippen molar-refractivity contribution in [1.82, 2.24) is 0 Å². The highest BCUT2D eigenvalue weighted by molar-refractivity contribution is 5.75. The summed E-state index contributed by atoms with van der Waals surface area (Å²) in [5, 5.41) is 9.81. The first-order valence-corrected chi connectivity index (χ1v) is 8.46. The fourth-order valence-corrected chi connectivity index (χ4v) is 5.03. The SMILES string of the molecule is C=C/C(C)=C\C[C@@H]1C(=C)CC[C@@H]2[C@@]1(C)CCC[C@]2(C)C(=O)O. The second-order valence-electron chi connectivity index (χ2n) is 7.77. The molecule has 2 aliphatic rings. The highest BCUT2D eigenvalue weighted by Gasteiger charge is 2.57. The third-order valence-corrected chi connectivity index (χ3v) is 6.51. The third-order valence-electron chi connectivity index (χ3n) is 6.51. The van der Waals surface area contributed by atoms with Gasteiger partial charge in [-0.25, -0.2) is 0 Å². The highest BCUT2D eigenvalue weighted by atomic mass is 16.4. The molecule has 0 amide bonds. The van der Waals surface area contributed by atoms with Crippen LogP contribution in [0.4, 0.5) is 0 Å². The van der Waals surface area contributed by atoms with E-state index in [2.05, 4.69) is 33.1 Å². The summed E-state index contributed by atoms with van der Waals surface area (Å²) in [7, 11) is 0. The van der Waals surface area contributed by atoms with Crippen LogP contribution in [0.5, 0.6) is 0 Å². The lowest BCUT2D eigenvalue weighted by atomic mass is 9.46. The summed E-state index contributed by atoms with van der Waals surface area (Å²) in [6, 6.07) is 0. The molecule has 0 unspecified atom stereocenters. The van der Waals surface area contributed by atoms with Crippen molar-refractivity contribution in [2.45, 2.75) is 59.3 Å². The molecule has 22 heavy (non-hydrogen) atoms. The molecular formula is C20H30O2. The van der Waals surface area contributed by atoms with Gasteiger partial charge in [-0.05, 0) is 63.2 Å². The molecule has 0 aliphatic heterocycles. The van der Waals surface area contributed by atoms with Crippen LogP contribution in [0.2, 0.25) is 0 Å². The van der Waals surface area contributed by atoms with Gasteiger partial charge in [0.25, 0.3) is 0 Å². The van der Waals surface area contributed by atoms with Crippen LogP contribution >= 0.6 is 0 Å². The van der Waals surface area contributed by atoms with Crippen molar-refractivity contribution in [2.24, 2.45) is 22.7 Å². The average Bonchev–Trinajstić information content (AvgIpc) is 2.45. The standard InChI is InChI=1S/C20H30O2/c1-6-14(2)8-10-16-15(3)9-11-17-19(16,4)12-7-13-20(17,5)18(21)22/h6,8,16-17H,1,3,7,9-13H2,2,4-5H3,(H,21,22)/b14-8-/t16-,17-,19+,20+/m1/s1. The third kappa shape index (κ3) is 2.68. The van der Waals surface area contributed by atoms with Crippen molar-refractivity contribution in [3.8, 4) is 0 Å². The lowest BCUT2D eigenvalue weighted by Gasteiger charge is -2.57. The lowest BCUT2D eigenvalue weighted by molar-refractivity contribution is -0.164. The molecule has 0 saturated heterocycles. The van der Waals surface area contributed by atoms with E-state index in [1.54, 1.807) is 0 Å². The summed E-state index contributed by atoms with van der Waals surface area (Å²) >= 11 is 0. The molecule has 2 rings (SSSR count). The van der Waals surface area contributed by atoms with Crippen LogP contribution < -0.4 is 0 Å². The second kappa shape index (κ2) is 6.06. The van der Waals surface area contributed by atoms with Crippen LogP contribution in [-0.4, -0.2) is 11.1 Å². The monoisotopic (exact) mass is 302 g/mol. The Kier molecular flexibility index (Phi) is 4.70. The van der Waals surface area contributed by atoms with Gasteiger partial charge in [0.1, 0.15) is 0 Å². The van der Waals surface area contributed by atoms with Gasteiger partial charge in [0, 0.05) is 0 Å². The van der Waals surface area contributed by atoms with Crippen LogP contribution in [0.1, 0.15) is 59.3 Å². The Bertz CT molecular complexity index is 516. The Hall–Kier alpha value is -1.31. The fourth-order valence-electron chi connectivity index (χ4n) is 5.03. The first-order valence-electron chi connectivity index (χ1n) is 8.46. The first-order chi connectivity index (χ1) is 10.3. The predicted octanol–water partition coefficient (Wildman–Crippen LogP) is 5.37. The summed E-state index contributed by atoms with van der Waals surface area (Å²) < 4.78 is 0. The molecule has 2 heteroatoms. The Balaban J connectivity index is 2.36. The molecule has 4 atom stereocenters. The number of carbonyl (C=O) groups is 1. The van der Waals surface area contributed by atoms with Gasteiger partial charge < -0.3 is 5.11 Å². The Morgan fingerprint density at radius 2 is 2.09 bits per heavy atom. The molecule has 0 aromatic carbocycles. The summed E-state index contributed by atoms with van der Waals surface area (Å²) in [4.78, 5) is 11.9. The minimum atomic E-state index is -0.618. The minimum Gasteiger partial charge on any atom is -0.481 e. The predicted molar refractivity (Wildman–Crippen MR) is 91.6 cm³/mol. The number of rotatable bonds is 4. The number of hydrogen-bond donors (Lipinski definition) is 1. The normalized spacial score (nSPS) is 39.2. The molecule has 0 aromatic rings. The largest absolute Gasteiger partial charge is 0.481 e. The van der Waals surface area contributed by atoms with Gasteiger partial charge in [-0.1, -0.05) is 49.8 Å². The van der Waals surface area contributed by atoms with Crippen LogP contribution in [0.25, 0.3) is 0 Å². The second-order valence-corrected chi connectivity index (χ2v) is 7.77. The first kappa shape index (κ1) is 17.1. The van der Waals surface area contributed by atoms with E-state index < -0.39 is 11.4 Å². The molecule has 2 saturated carbocycles. The number of carboxylic acid groups (broad SMARTS) is 1. The number of fused-ring (bicyclic) bond motifs is 1. The summed E-state index contributed by atoms with van der Waals surface area (Å²) in [6.45, 7) is 14.5. The van der Waals surface area contributed by atoms with Gasteiger partial charge in [-0.2, -0.15) is 0 Å². The minimum absolute atomic E-state index is 0.0542. The van der Waals surface area contributed by atoms with Gasteiger partial charge >= 0.3 is 5.97 Å². The van der Waals surface area contributed by atoms with E-state index >= 15 is 0 Å². The lowest BCUT2D eigenvalue weighted by Crippen LogP contribution is -2.53. The zero-order chi connectivity index (χ0) is 16.5. The maximum absolute atomic E-state index is 11.9. The summed E-state index contributed by atoms with van der Waals surface area (Å²) in [6.07, 6.45) is 9.95. The van der Waals surface area contributed by atoms with E-state index in [4.69, 9.17) is 0 Å². The van der Waals surface area contributed by atoms with Crippen molar-refractivity contribution in [3.63, 3.8) is 0 Å². The Labute approximate surface area is 135 Å². The van der Waals surface area contributed by atoms with Crippen molar-refractivity contribution >= 4 is 5.97 Å². The highest BCUT2D eigenvalue weighted by Crippen LogP contribution is 2.61. The van der Waals surface area contributed by atoms with Crippen LogP contribution in [-0.2, 0) is 4.79 Å². The zero-order valence-electron chi connectivity index (χ0n) is 14.3. The number of allylic oxidation sites excluding steroid dienone is 4. The number of carboxylic acids is 1. The van der Waals surface area contributed by atoms with Gasteiger partial charge in [0.15, 0.2) is 0 Å².